The second-order valence-corrected chi connectivity index (χ2v) is 5.40. The largest absolute Gasteiger partial charge is 0.497 e. The van der Waals surface area contributed by atoms with Crippen LogP contribution in [0.15, 0.2) is 47.1 Å². The van der Waals surface area contributed by atoms with Gasteiger partial charge in [0.15, 0.2) is 0 Å². The predicted octanol–water partition coefficient (Wildman–Crippen LogP) is 1.91. The van der Waals surface area contributed by atoms with E-state index in [9.17, 15) is 9.90 Å². The summed E-state index contributed by atoms with van der Waals surface area (Å²) < 4.78 is 15.7. The number of carbonyl (C=O) groups is 1. The Morgan fingerprint density at radius 3 is 2.75 bits per heavy atom. The second-order valence-electron chi connectivity index (χ2n) is 5.40. The quantitative estimate of drug-likeness (QED) is 0.694. The molecule has 1 aromatic carbocycles. The number of amides is 1. The molecule has 0 unspecified atom stereocenters. The van der Waals surface area contributed by atoms with Gasteiger partial charge < -0.3 is 24.3 Å². The Morgan fingerprint density at radius 2 is 2.08 bits per heavy atom. The van der Waals surface area contributed by atoms with Crippen LogP contribution < -0.4 is 10.1 Å². The molecule has 1 heterocycles. The van der Waals surface area contributed by atoms with E-state index in [1.807, 2.05) is 30.3 Å². The van der Waals surface area contributed by atoms with Crippen molar-refractivity contribution in [1.29, 1.82) is 0 Å². The molecule has 6 heteroatoms. The van der Waals surface area contributed by atoms with Crippen LogP contribution in [0, 0.1) is 0 Å². The van der Waals surface area contributed by atoms with E-state index in [-0.39, 0.29) is 19.1 Å². The number of hydrogen-bond acceptors (Lipinski definition) is 5. The number of aliphatic hydroxyl groups excluding tert-OH is 1. The highest BCUT2D eigenvalue weighted by atomic mass is 16.5. The zero-order valence-corrected chi connectivity index (χ0v) is 13.7. The van der Waals surface area contributed by atoms with E-state index in [2.05, 4.69) is 5.32 Å². The van der Waals surface area contributed by atoms with Gasteiger partial charge in [-0.15, -0.1) is 0 Å². The van der Waals surface area contributed by atoms with Crippen molar-refractivity contribution >= 4 is 5.91 Å². The lowest BCUT2D eigenvalue weighted by atomic mass is 10.2. The summed E-state index contributed by atoms with van der Waals surface area (Å²) in [5.41, 5.74) is 0.991. The summed E-state index contributed by atoms with van der Waals surface area (Å²) in [6.45, 7) is 0.720. The molecule has 2 aromatic rings. The third-order valence-electron chi connectivity index (χ3n) is 3.45. The summed E-state index contributed by atoms with van der Waals surface area (Å²) in [5.74, 6) is 1.44. The Morgan fingerprint density at radius 1 is 1.29 bits per heavy atom. The normalized spacial score (nSPS) is 11.9. The van der Waals surface area contributed by atoms with Crippen LogP contribution in [-0.4, -0.2) is 37.4 Å². The molecule has 0 aliphatic heterocycles. The first-order valence-electron chi connectivity index (χ1n) is 7.85. The first-order valence-corrected chi connectivity index (χ1v) is 7.85. The third kappa shape index (κ3) is 6.44. The predicted molar refractivity (Wildman–Crippen MR) is 88.7 cm³/mol. The summed E-state index contributed by atoms with van der Waals surface area (Å²) in [5, 5.41) is 12.5. The standard InChI is InChI=1S/C18H23NO5/c1-22-16-6-4-14(5-7-16)12-23-13-15(20)11-19-18(21)9-8-17-3-2-10-24-17/h2-7,10,15,20H,8-9,11-13H2,1H3,(H,19,21)/t15-/m1/s1. The Balaban J connectivity index is 1.57. The molecular weight excluding hydrogens is 310 g/mol. The molecule has 130 valence electrons. The van der Waals surface area contributed by atoms with Crippen LogP contribution in [-0.2, 0) is 22.6 Å². The van der Waals surface area contributed by atoms with Gasteiger partial charge in [0, 0.05) is 19.4 Å². The number of methoxy groups -OCH3 is 1. The molecule has 1 amide bonds. The van der Waals surface area contributed by atoms with Gasteiger partial charge in [-0.05, 0) is 29.8 Å². The van der Waals surface area contributed by atoms with Crippen LogP contribution in [0.25, 0.3) is 0 Å². The number of rotatable bonds is 10. The van der Waals surface area contributed by atoms with E-state index in [4.69, 9.17) is 13.9 Å². The molecule has 24 heavy (non-hydrogen) atoms. The molecule has 6 nitrogen and oxygen atoms in total. The third-order valence-corrected chi connectivity index (χ3v) is 3.45. The zero-order chi connectivity index (χ0) is 17.2. The first-order chi connectivity index (χ1) is 11.7. The molecule has 0 fully saturated rings. The van der Waals surface area contributed by atoms with Gasteiger partial charge in [0.25, 0.3) is 0 Å². The highest BCUT2D eigenvalue weighted by Crippen LogP contribution is 2.12. The van der Waals surface area contributed by atoms with Crippen molar-refractivity contribution in [1.82, 2.24) is 5.32 Å². The van der Waals surface area contributed by atoms with E-state index >= 15 is 0 Å². The first kappa shape index (κ1) is 18.0. The molecule has 1 atom stereocenters. The topological polar surface area (TPSA) is 80.9 Å². The maximum Gasteiger partial charge on any atom is 0.220 e. The lowest BCUT2D eigenvalue weighted by molar-refractivity contribution is -0.121. The molecule has 0 aliphatic carbocycles. The minimum atomic E-state index is -0.740. The summed E-state index contributed by atoms with van der Waals surface area (Å²) in [7, 11) is 1.62. The second kappa shape index (κ2) is 9.75. The van der Waals surface area contributed by atoms with Gasteiger partial charge in [0.2, 0.25) is 5.91 Å². The average Bonchev–Trinajstić information content (AvgIpc) is 3.12. The zero-order valence-electron chi connectivity index (χ0n) is 13.7. The van der Waals surface area contributed by atoms with Gasteiger partial charge in [0.05, 0.1) is 32.7 Å². The minimum absolute atomic E-state index is 0.124. The lowest BCUT2D eigenvalue weighted by Crippen LogP contribution is -2.34. The fourth-order valence-electron chi connectivity index (χ4n) is 2.11. The van der Waals surface area contributed by atoms with Crippen molar-refractivity contribution in [2.45, 2.75) is 25.6 Å². The fraction of sp³-hybridized carbons (Fsp3) is 0.389. The van der Waals surface area contributed by atoms with Gasteiger partial charge in [-0.2, -0.15) is 0 Å². The van der Waals surface area contributed by atoms with E-state index in [1.54, 1.807) is 19.4 Å². The minimum Gasteiger partial charge on any atom is -0.497 e. The highest BCUT2D eigenvalue weighted by Gasteiger charge is 2.08. The van der Waals surface area contributed by atoms with Gasteiger partial charge in [-0.1, -0.05) is 12.1 Å². The van der Waals surface area contributed by atoms with Gasteiger partial charge in [-0.3, -0.25) is 4.79 Å². The molecule has 0 radical (unpaired) electrons. The molecular formula is C18H23NO5. The van der Waals surface area contributed by atoms with Crippen molar-refractivity contribution < 1.29 is 23.8 Å². The SMILES string of the molecule is COc1ccc(COC[C@H](O)CNC(=O)CCc2ccco2)cc1. The van der Waals surface area contributed by atoms with Crippen LogP contribution in [0.3, 0.4) is 0 Å². The smallest absolute Gasteiger partial charge is 0.220 e. The van der Waals surface area contributed by atoms with E-state index < -0.39 is 6.10 Å². The van der Waals surface area contributed by atoms with E-state index in [0.29, 0.717) is 19.4 Å². The summed E-state index contributed by atoms with van der Waals surface area (Å²) >= 11 is 0. The van der Waals surface area contributed by atoms with Crippen LogP contribution in [0.4, 0.5) is 0 Å². The van der Waals surface area contributed by atoms with Crippen molar-refractivity contribution in [2.75, 3.05) is 20.3 Å². The number of carbonyl (C=O) groups excluding carboxylic acids is 1. The Kier molecular flexibility index (Phi) is 7.32. The average molecular weight is 333 g/mol. The monoisotopic (exact) mass is 333 g/mol. The van der Waals surface area contributed by atoms with E-state index in [1.165, 1.54) is 0 Å². The van der Waals surface area contributed by atoms with Crippen molar-refractivity contribution in [3.63, 3.8) is 0 Å². The molecule has 1 aromatic heterocycles. The van der Waals surface area contributed by atoms with Crippen LogP contribution in [0.5, 0.6) is 5.75 Å². The molecule has 0 saturated heterocycles. The Bertz CT molecular complexity index is 594. The number of aliphatic hydroxyl groups is 1. The number of hydrogen-bond donors (Lipinski definition) is 2. The Hall–Kier alpha value is -2.31. The van der Waals surface area contributed by atoms with Crippen LogP contribution in [0.1, 0.15) is 17.7 Å². The van der Waals surface area contributed by atoms with Crippen LogP contribution >= 0.6 is 0 Å². The maximum absolute atomic E-state index is 11.7. The van der Waals surface area contributed by atoms with Crippen molar-refractivity contribution in [2.24, 2.45) is 0 Å². The molecule has 0 bridgehead atoms. The number of furan rings is 1. The fourth-order valence-corrected chi connectivity index (χ4v) is 2.11. The maximum atomic E-state index is 11.7. The lowest BCUT2D eigenvalue weighted by Gasteiger charge is -2.12. The van der Waals surface area contributed by atoms with Crippen LogP contribution in [0.2, 0.25) is 0 Å². The van der Waals surface area contributed by atoms with Gasteiger partial charge >= 0.3 is 0 Å². The van der Waals surface area contributed by atoms with Crippen molar-refractivity contribution in [3.8, 4) is 5.75 Å². The molecule has 0 saturated carbocycles. The number of benzene rings is 1. The molecule has 2 rings (SSSR count). The number of nitrogens with one attached hydrogen (secondary N) is 1. The summed E-state index contributed by atoms with van der Waals surface area (Å²) in [6.07, 6.45) is 1.71. The number of ether oxygens (including phenoxy) is 2. The Labute approximate surface area is 141 Å². The molecule has 0 aliphatic rings. The molecule has 2 N–H and O–H groups in total. The summed E-state index contributed by atoms with van der Waals surface area (Å²) in [6, 6.07) is 11.1. The van der Waals surface area contributed by atoms with Gasteiger partial charge in [0.1, 0.15) is 11.5 Å². The molecule has 0 spiro atoms. The van der Waals surface area contributed by atoms with Gasteiger partial charge in [-0.25, -0.2) is 0 Å². The number of aryl methyl sites for hydroxylation is 1. The van der Waals surface area contributed by atoms with E-state index in [0.717, 1.165) is 17.1 Å². The van der Waals surface area contributed by atoms with Crippen molar-refractivity contribution in [3.05, 3.63) is 54.0 Å². The highest BCUT2D eigenvalue weighted by molar-refractivity contribution is 5.76. The summed E-state index contributed by atoms with van der Waals surface area (Å²) in [4.78, 5) is 11.7.